The fourth-order valence-corrected chi connectivity index (χ4v) is 2.93. The van der Waals surface area contributed by atoms with E-state index in [0.29, 0.717) is 27.8 Å². The highest BCUT2D eigenvalue weighted by atomic mass is 35.5. The van der Waals surface area contributed by atoms with Crippen LogP contribution in [0.2, 0.25) is 5.02 Å². The van der Waals surface area contributed by atoms with Crippen molar-refractivity contribution < 1.29 is 19.0 Å². The maximum Gasteiger partial charge on any atom is 0.280 e. The lowest BCUT2D eigenvalue weighted by Gasteiger charge is -2.13. The Bertz CT molecular complexity index is 1050. The molecule has 0 saturated heterocycles. The molecule has 0 aliphatic heterocycles. The summed E-state index contributed by atoms with van der Waals surface area (Å²) >= 11 is 6.21. The third-order valence-electron chi connectivity index (χ3n) is 4.28. The van der Waals surface area contributed by atoms with Crippen molar-refractivity contribution in [1.82, 2.24) is 5.43 Å². The fraction of sp³-hybridized carbons (Fsp3) is 0.182. The first kappa shape index (κ1) is 20.5. The van der Waals surface area contributed by atoms with Crippen molar-refractivity contribution in [3.8, 4) is 17.2 Å². The molecule has 1 N–H and O–H groups in total. The van der Waals surface area contributed by atoms with Crippen molar-refractivity contribution in [3.63, 3.8) is 0 Å². The molecular weight excluding hydrogens is 392 g/mol. The number of amides is 1. The first-order chi connectivity index (χ1) is 14.0. The molecule has 3 aromatic rings. The second-order valence-corrected chi connectivity index (χ2v) is 6.64. The second-order valence-electron chi connectivity index (χ2n) is 6.23. The first-order valence-electron chi connectivity index (χ1n) is 8.91. The summed E-state index contributed by atoms with van der Waals surface area (Å²) < 4.78 is 16.2. The van der Waals surface area contributed by atoms with Crippen molar-refractivity contribution in [1.29, 1.82) is 0 Å². The predicted molar refractivity (Wildman–Crippen MR) is 114 cm³/mol. The molecule has 1 atom stereocenters. The van der Waals surface area contributed by atoms with Gasteiger partial charge in [0.05, 0.1) is 25.5 Å². The van der Waals surface area contributed by atoms with Gasteiger partial charge in [0.2, 0.25) is 0 Å². The smallest absolute Gasteiger partial charge is 0.280 e. The van der Waals surface area contributed by atoms with E-state index in [-0.39, 0.29) is 5.91 Å². The lowest BCUT2D eigenvalue weighted by atomic mass is 10.1. The molecule has 6 nitrogen and oxygen atoms in total. The monoisotopic (exact) mass is 412 g/mol. The van der Waals surface area contributed by atoms with Gasteiger partial charge >= 0.3 is 0 Å². The molecular formula is C22H21ClN2O4. The van der Waals surface area contributed by atoms with Crippen LogP contribution in [0, 0.1) is 0 Å². The average Bonchev–Trinajstić information content (AvgIpc) is 2.74. The minimum Gasteiger partial charge on any atom is -0.493 e. The van der Waals surface area contributed by atoms with E-state index in [1.807, 2.05) is 42.5 Å². The number of carbonyl (C=O) groups excluding carboxylic acids is 1. The summed E-state index contributed by atoms with van der Waals surface area (Å²) in [6, 6.07) is 16.9. The number of hydrogen-bond donors (Lipinski definition) is 1. The SMILES string of the molecule is COc1cc(Cl)c(/C=N/NC(=O)C(C)Oc2ccc3ccccc3c2)cc1OC. The molecule has 7 heteroatoms. The van der Waals surface area contributed by atoms with E-state index in [0.717, 1.165) is 10.8 Å². The number of rotatable bonds is 7. The summed E-state index contributed by atoms with van der Waals surface area (Å²) in [5.74, 6) is 1.25. The van der Waals surface area contributed by atoms with Gasteiger partial charge in [-0.25, -0.2) is 5.43 Å². The predicted octanol–water partition coefficient (Wildman–Crippen LogP) is 4.43. The number of carbonyl (C=O) groups is 1. The van der Waals surface area contributed by atoms with Crippen LogP contribution in [0.25, 0.3) is 10.8 Å². The number of nitrogens with zero attached hydrogens (tertiary/aromatic N) is 1. The van der Waals surface area contributed by atoms with Crippen molar-refractivity contribution in [2.24, 2.45) is 5.10 Å². The molecule has 3 aromatic carbocycles. The van der Waals surface area contributed by atoms with E-state index in [1.54, 1.807) is 19.1 Å². The van der Waals surface area contributed by atoms with Crippen LogP contribution in [0.1, 0.15) is 12.5 Å². The third kappa shape index (κ3) is 4.97. The molecule has 0 radical (unpaired) electrons. The molecule has 29 heavy (non-hydrogen) atoms. The zero-order valence-electron chi connectivity index (χ0n) is 16.3. The second kappa shape index (κ2) is 9.30. The normalized spacial score (nSPS) is 12.0. The van der Waals surface area contributed by atoms with Gasteiger partial charge in [-0.05, 0) is 35.9 Å². The van der Waals surface area contributed by atoms with E-state index < -0.39 is 6.10 Å². The minimum absolute atomic E-state index is 0.383. The van der Waals surface area contributed by atoms with Gasteiger partial charge in [-0.2, -0.15) is 5.10 Å². The Morgan fingerprint density at radius 2 is 1.72 bits per heavy atom. The molecule has 1 amide bonds. The van der Waals surface area contributed by atoms with Gasteiger partial charge in [0.25, 0.3) is 5.91 Å². The number of hydrazone groups is 1. The van der Waals surface area contributed by atoms with E-state index in [4.69, 9.17) is 25.8 Å². The molecule has 0 heterocycles. The Morgan fingerprint density at radius 1 is 1.03 bits per heavy atom. The maximum absolute atomic E-state index is 12.3. The molecule has 0 bridgehead atoms. The van der Waals surface area contributed by atoms with Crippen LogP contribution < -0.4 is 19.6 Å². The number of fused-ring (bicyclic) bond motifs is 1. The Hall–Kier alpha value is -3.25. The molecule has 3 rings (SSSR count). The Labute approximate surface area is 174 Å². The zero-order valence-corrected chi connectivity index (χ0v) is 17.1. The molecule has 0 fully saturated rings. The maximum atomic E-state index is 12.3. The van der Waals surface area contributed by atoms with Gasteiger partial charge in [-0.3, -0.25) is 4.79 Å². The first-order valence-corrected chi connectivity index (χ1v) is 9.29. The van der Waals surface area contributed by atoms with Crippen LogP contribution in [0.4, 0.5) is 0 Å². The average molecular weight is 413 g/mol. The molecule has 150 valence electrons. The van der Waals surface area contributed by atoms with Crippen molar-refractivity contribution in [2.75, 3.05) is 14.2 Å². The van der Waals surface area contributed by atoms with Gasteiger partial charge < -0.3 is 14.2 Å². The Morgan fingerprint density at radius 3 is 2.45 bits per heavy atom. The molecule has 0 spiro atoms. The van der Waals surface area contributed by atoms with E-state index in [9.17, 15) is 4.79 Å². The number of benzene rings is 3. The fourth-order valence-electron chi connectivity index (χ4n) is 2.72. The van der Waals surface area contributed by atoms with Crippen molar-refractivity contribution >= 4 is 34.5 Å². The lowest BCUT2D eigenvalue weighted by Crippen LogP contribution is -2.33. The number of ether oxygens (including phenoxy) is 3. The summed E-state index contributed by atoms with van der Waals surface area (Å²) in [6.07, 6.45) is 0.708. The van der Waals surface area contributed by atoms with Crippen LogP contribution >= 0.6 is 11.6 Å². The van der Waals surface area contributed by atoms with Crippen LogP contribution in [0.15, 0.2) is 59.7 Å². The van der Waals surface area contributed by atoms with Crippen LogP contribution in [-0.2, 0) is 4.79 Å². The Kier molecular flexibility index (Phi) is 6.57. The van der Waals surface area contributed by atoms with Crippen molar-refractivity contribution in [2.45, 2.75) is 13.0 Å². The highest BCUT2D eigenvalue weighted by Gasteiger charge is 2.14. The summed E-state index contributed by atoms with van der Waals surface area (Å²) in [7, 11) is 3.05. The van der Waals surface area contributed by atoms with E-state index in [2.05, 4.69) is 10.5 Å². The standard InChI is InChI=1S/C22H21ClN2O4/c1-14(29-18-9-8-15-6-4-5-7-16(15)10-18)22(26)25-24-13-17-11-20(27-2)21(28-3)12-19(17)23/h4-14H,1-3H3,(H,25,26)/b24-13+. The highest BCUT2D eigenvalue weighted by Crippen LogP contribution is 2.32. The van der Waals surface area contributed by atoms with Gasteiger partial charge in [-0.15, -0.1) is 0 Å². The number of halogens is 1. The molecule has 1 unspecified atom stereocenters. The minimum atomic E-state index is -0.728. The Balaban J connectivity index is 1.63. The number of methoxy groups -OCH3 is 2. The quantitative estimate of drug-likeness (QED) is 0.460. The van der Waals surface area contributed by atoms with E-state index >= 15 is 0 Å². The van der Waals surface area contributed by atoms with Crippen LogP contribution in [0.3, 0.4) is 0 Å². The zero-order chi connectivity index (χ0) is 20.8. The van der Waals surface area contributed by atoms with Crippen LogP contribution in [0.5, 0.6) is 17.2 Å². The van der Waals surface area contributed by atoms with Gasteiger partial charge in [-0.1, -0.05) is 41.9 Å². The van der Waals surface area contributed by atoms with Crippen molar-refractivity contribution in [3.05, 3.63) is 65.2 Å². The van der Waals surface area contributed by atoms with E-state index in [1.165, 1.54) is 20.4 Å². The van der Waals surface area contributed by atoms with Gasteiger partial charge in [0.15, 0.2) is 17.6 Å². The molecule has 0 saturated carbocycles. The van der Waals surface area contributed by atoms with Crippen LogP contribution in [-0.4, -0.2) is 32.4 Å². The molecule has 0 aliphatic carbocycles. The lowest BCUT2D eigenvalue weighted by molar-refractivity contribution is -0.127. The highest BCUT2D eigenvalue weighted by molar-refractivity contribution is 6.33. The summed E-state index contributed by atoms with van der Waals surface area (Å²) in [5.41, 5.74) is 3.03. The number of hydrogen-bond acceptors (Lipinski definition) is 5. The summed E-state index contributed by atoms with van der Waals surface area (Å²) in [5, 5.41) is 6.52. The summed E-state index contributed by atoms with van der Waals surface area (Å²) in [4.78, 5) is 12.3. The molecule has 0 aromatic heterocycles. The topological polar surface area (TPSA) is 69.2 Å². The molecule has 0 aliphatic rings. The van der Waals surface area contributed by atoms with Gasteiger partial charge in [0, 0.05) is 11.6 Å². The van der Waals surface area contributed by atoms with Gasteiger partial charge in [0.1, 0.15) is 5.75 Å². The largest absolute Gasteiger partial charge is 0.493 e. The summed E-state index contributed by atoms with van der Waals surface area (Å²) in [6.45, 7) is 1.66. The third-order valence-corrected chi connectivity index (χ3v) is 4.61. The number of nitrogens with one attached hydrogen (secondary N) is 1.